The molecule has 1 aliphatic heterocycles. The molecule has 5 rings (SSSR count). The topological polar surface area (TPSA) is 124 Å². The molecule has 2 amide bonds. The zero-order valence-electron chi connectivity index (χ0n) is 22.5. The van der Waals surface area contributed by atoms with E-state index in [1.165, 1.54) is 0 Å². The second-order valence-electron chi connectivity index (χ2n) is 10.2. The van der Waals surface area contributed by atoms with Crippen LogP contribution in [0.5, 0.6) is 5.75 Å². The van der Waals surface area contributed by atoms with Gasteiger partial charge in [0.05, 0.1) is 26.9 Å². The lowest BCUT2D eigenvalue weighted by molar-refractivity contribution is -0.141. The molecule has 1 aliphatic carbocycles. The van der Waals surface area contributed by atoms with Gasteiger partial charge in [-0.05, 0) is 73.6 Å². The number of morpholine rings is 1. The standard InChI is InChI=1S/C28H35N7O4/c1-19-14-23(16-25(30-19)27(36)29-17-21-4-3-5-24(15-21)38-2)26-31-33-35(32-26)18-20-6-8-22(9-7-20)28(37)34-10-12-39-13-11-34/h3-5,14-16,20,22H,6-13,17-18H2,1-2H3,(H,29,36). The lowest BCUT2D eigenvalue weighted by atomic mass is 9.81. The van der Waals surface area contributed by atoms with Gasteiger partial charge in [-0.3, -0.25) is 9.59 Å². The summed E-state index contributed by atoms with van der Waals surface area (Å²) in [5.41, 5.74) is 2.62. The smallest absolute Gasteiger partial charge is 0.270 e. The largest absolute Gasteiger partial charge is 0.497 e. The number of pyridine rings is 1. The molecular weight excluding hydrogens is 498 g/mol. The Kier molecular flexibility index (Phi) is 8.45. The minimum absolute atomic E-state index is 0.104. The molecule has 0 radical (unpaired) electrons. The van der Waals surface area contributed by atoms with Crippen molar-refractivity contribution in [2.45, 2.75) is 45.7 Å². The van der Waals surface area contributed by atoms with Crippen molar-refractivity contribution in [3.05, 3.63) is 53.3 Å². The number of nitrogens with zero attached hydrogens (tertiary/aromatic N) is 6. The Morgan fingerprint density at radius 3 is 2.67 bits per heavy atom. The van der Waals surface area contributed by atoms with Gasteiger partial charge < -0.3 is 19.7 Å². The van der Waals surface area contributed by atoms with Crippen LogP contribution in [0.15, 0.2) is 36.4 Å². The van der Waals surface area contributed by atoms with Gasteiger partial charge in [0.1, 0.15) is 11.4 Å². The highest BCUT2D eigenvalue weighted by Crippen LogP contribution is 2.31. The fraction of sp³-hybridized carbons (Fsp3) is 0.500. The number of aryl methyl sites for hydroxylation is 1. The van der Waals surface area contributed by atoms with Crippen LogP contribution in [0.25, 0.3) is 11.4 Å². The fourth-order valence-corrected chi connectivity index (χ4v) is 5.27. The number of methoxy groups -OCH3 is 1. The number of hydrogen-bond donors (Lipinski definition) is 1. The molecule has 1 N–H and O–H groups in total. The van der Waals surface area contributed by atoms with E-state index in [2.05, 4.69) is 25.7 Å². The van der Waals surface area contributed by atoms with Crippen molar-refractivity contribution in [1.29, 1.82) is 0 Å². The third kappa shape index (κ3) is 6.78. The molecule has 2 fully saturated rings. The molecule has 0 atom stereocenters. The van der Waals surface area contributed by atoms with Crippen LogP contribution in [0.3, 0.4) is 0 Å². The summed E-state index contributed by atoms with van der Waals surface area (Å²) in [5, 5.41) is 16.0. The summed E-state index contributed by atoms with van der Waals surface area (Å²) in [6.45, 7) is 5.51. The molecule has 1 saturated carbocycles. The van der Waals surface area contributed by atoms with Gasteiger partial charge in [-0.2, -0.15) is 4.80 Å². The van der Waals surface area contributed by atoms with Crippen LogP contribution in [-0.2, 0) is 22.6 Å². The maximum Gasteiger partial charge on any atom is 0.270 e. The van der Waals surface area contributed by atoms with E-state index in [0.29, 0.717) is 68.1 Å². The minimum atomic E-state index is -0.279. The lowest BCUT2D eigenvalue weighted by Gasteiger charge is -2.33. The van der Waals surface area contributed by atoms with E-state index in [4.69, 9.17) is 9.47 Å². The summed E-state index contributed by atoms with van der Waals surface area (Å²) in [6.07, 6.45) is 3.70. The van der Waals surface area contributed by atoms with Crippen molar-refractivity contribution in [1.82, 2.24) is 35.4 Å². The van der Waals surface area contributed by atoms with E-state index in [1.807, 2.05) is 42.2 Å². The van der Waals surface area contributed by atoms with Crippen molar-refractivity contribution < 1.29 is 19.1 Å². The summed E-state index contributed by atoms with van der Waals surface area (Å²) >= 11 is 0. The zero-order valence-corrected chi connectivity index (χ0v) is 22.5. The van der Waals surface area contributed by atoms with Crippen molar-refractivity contribution in [2.75, 3.05) is 33.4 Å². The number of rotatable bonds is 8. The molecule has 0 bridgehead atoms. The Bertz CT molecular complexity index is 1300. The van der Waals surface area contributed by atoms with Gasteiger partial charge in [-0.15, -0.1) is 10.2 Å². The van der Waals surface area contributed by atoms with Gasteiger partial charge in [-0.1, -0.05) is 12.1 Å². The Balaban J connectivity index is 1.17. The molecule has 206 valence electrons. The maximum absolute atomic E-state index is 12.9. The molecule has 3 heterocycles. The third-order valence-electron chi connectivity index (χ3n) is 7.42. The lowest BCUT2D eigenvalue weighted by Crippen LogP contribution is -2.44. The number of tetrazole rings is 1. The van der Waals surface area contributed by atoms with Crippen LogP contribution in [0, 0.1) is 18.8 Å². The molecule has 1 saturated heterocycles. The van der Waals surface area contributed by atoms with Gasteiger partial charge in [0.2, 0.25) is 11.7 Å². The average Bonchev–Trinajstić information content (AvgIpc) is 3.44. The normalized spacial score (nSPS) is 19.5. The molecule has 11 nitrogen and oxygen atoms in total. The van der Waals surface area contributed by atoms with E-state index in [0.717, 1.165) is 37.0 Å². The quantitative estimate of drug-likeness (QED) is 0.469. The first-order valence-corrected chi connectivity index (χ1v) is 13.5. The Labute approximate surface area is 227 Å². The van der Waals surface area contributed by atoms with Crippen LogP contribution < -0.4 is 10.1 Å². The second kappa shape index (κ2) is 12.3. The number of carbonyl (C=O) groups excluding carboxylic acids is 2. The van der Waals surface area contributed by atoms with Gasteiger partial charge in [0.25, 0.3) is 5.91 Å². The monoisotopic (exact) mass is 533 g/mol. The summed E-state index contributed by atoms with van der Waals surface area (Å²) in [7, 11) is 1.61. The number of hydrogen-bond acceptors (Lipinski definition) is 8. The van der Waals surface area contributed by atoms with Crippen LogP contribution in [-0.4, -0.2) is 75.3 Å². The van der Waals surface area contributed by atoms with Gasteiger partial charge in [0.15, 0.2) is 0 Å². The predicted molar refractivity (Wildman–Crippen MR) is 143 cm³/mol. The molecule has 0 spiro atoms. The number of benzene rings is 1. The number of amides is 2. The molecule has 39 heavy (non-hydrogen) atoms. The molecule has 0 unspecified atom stereocenters. The van der Waals surface area contributed by atoms with Crippen LogP contribution in [0.1, 0.15) is 47.4 Å². The summed E-state index contributed by atoms with van der Waals surface area (Å²) in [6, 6.07) is 11.1. The number of nitrogens with one attached hydrogen (secondary N) is 1. The van der Waals surface area contributed by atoms with Gasteiger partial charge >= 0.3 is 0 Å². The highest BCUT2D eigenvalue weighted by atomic mass is 16.5. The van der Waals surface area contributed by atoms with Crippen LogP contribution >= 0.6 is 0 Å². The third-order valence-corrected chi connectivity index (χ3v) is 7.42. The van der Waals surface area contributed by atoms with Crippen molar-refractivity contribution in [3.63, 3.8) is 0 Å². The first-order chi connectivity index (χ1) is 19.0. The van der Waals surface area contributed by atoms with E-state index in [-0.39, 0.29) is 17.7 Å². The maximum atomic E-state index is 12.9. The molecule has 1 aromatic carbocycles. The van der Waals surface area contributed by atoms with Crippen LogP contribution in [0.2, 0.25) is 0 Å². The number of aromatic nitrogens is 5. The van der Waals surface area contributed by atoms with Gasteiger partial charge in [-0.25, -0.2) is 4.98 Å². The minimum Gasteiger partial charge on any atom is -0.497 e. The summed E-state index contributed by atoms with van der Waals surface area (Å²) in [4.78, 5) is 33.6. The average molecular weight is 534 g/mol. The number of carbonyl (C=O) groups is 2. The molecule has 2 aliphatic rings. The van der Waals surface area contributed by atoms with Crippen molar-refractivity contribution in [2.24, 2.45) is 11.8 Å². The number of ether oxygens (including phenoxy) is 2. The first-order valence-electron chi connectivity index (χ1n) is 13.5. The summed E-state index contributed by atoms with van der Waals surface area (Å²) < 4.78 is 10.6. The summed E-state index contributed by atoms with van der Waals surface area (Å²) in [5.74, 6) is 1.69. The molecular formula is C28H35N7O4. The molecule has 11 heteroatoms. The Morgan fingerprint density at radius 1 is 1.10 bits per heavy atom. The predicted octanol–water partition coefficient (Wildman–Crippen LogP) is 2.65. The highest BCUT2D eigenvalue weighted by Gasteiger charge is 2.30. The van der Waals surface area contributed by atoms with Gasteiger partial charge in [0, 0.05) is 36.8 Å². The van der Waals surface area contributed by atoms with Crippen molar-refractivity contribution in [3.8, 4) is 17.1 Å². The molecule has 3 aromatic rings. The van der Waals surface area contributed by atoms with Crippen LogP contribution in [0.4, 0.5) is 0 Å². The Hall–Kier alpha value is -3.86. The first kappa shape index (κ1) is 26.7. The van der Waals surface area contributed by atoms with Crippen molar-refractivity contribution >= 4 is 11.8 Å². The van der Waals surface area contributed by atoms with E-state index < -0.39 is 0 Å². The second-order valence-corrected chi connectivity index (χ2v) is 10.2. The Morgan fingerprint density at radius 2 is 1.90 bits per heavy atom. The fourth-order valence-electron chi connectivity index (χ4n) is 5.27. The SMILES string of the molecule is COc1cccc(CNC(=O)c2cc(-c3nnn(CC4CCC(C(=O)N5CCOCC5)CC4)n3)cc(C)n2)c1. The van der Waals surface area contributed by atoms with E-state index >= 15 is 0 Å². The van der Waals surface area contributed by atoms with E-state index in [9.17, 15) is 9.59 Å². The molecule has 2 aromatic heterocycles. The van der Waals surface area contributed by atoms with E-state index in [1.54, 1.807) is 18.0 Å². The zero-order chi connectivity index (χ0) is 27.2. The highest BCUT2D eigenvalue weighted by molar-refractivity contribution is 5.93.